The Morgan fingerprint density at radius 1 is 1.35 bits per heavy atom. The molecule has 0 saturated carbocycles. The molecule has 1 atom stereocenters. The first-order valence-electron chi connectivity index (χ1n) is 7.23. The lowest BCUT2D eigenvalue weighted by atomic mass is 10.1. The zero-order valence-corrected chi connectivity index (χ0v) is 12.9. The molecule has 2 rings (SSSR count). The fourth-order valence-electron chi connectivity index (χ4n) is 2.23. The summed E-state index contributed by atoms with van der Waals surface area (Å²) in [6.07, 6.45) is 0. The molecular formula is C17H17N3O3. The Balaban J connectivity index is 2.26. The van der Waals surface area contributed by atoms with E-state index < -0.39 is 4.92 Å². The number of anilines is 1. The third-order valence-electron chi connectivity index (χ3n) is 3.36. The minimum absolute atomic E-state index is 0.114. The monoisotopic (exact) mass is 311 g/mol. The largest absolute Gasteiger partial charge is 0.494 e. The Labute approximate surface area is 134 Å². The number of benzene rings is 2. The third kappa shape index (κ3) is 3.98. The van der Waals surface area contributed by atoms with Crippen LogP contribution >= 0.6 is 0 Å². The van der Waals surface area contributed by atoms with Crippen LogP contribution in [0.2, 0.25) is 0 Å². The van der Waals surface area contributed by atoms with Crippen molar-refractivity contribution in [3.05, 3.63) is 63.7 Å². The molecule has 2 aromatic carbocycles. The van der Waals surface area contributed by atoms with Crippen molar-refractivity contribution in [1.29, 1.82) is 5.26 Å². The Kier molecular flexibility index (Phi) is 5.15. The highest BCUT2D eigenvalue weighted by Crippen LogP contribution is 2.30. The number of nitriles is 1. The average Bonchev–Trinajstić information content (AvgIpc) is 2.55. The van der Waals surface area contributed by atoms with E-state index in [0.29, 0.717) is 12.3 Å². The molecule has 0 aliphatic carbocycles. The van der Waals surface area contributed by atoms with Crippen LogP contribution in [-0.4, -0.2) is 11.5 Å². The summed E-state index contributed by atoms with van der Waals surface area (Å²) in [6.45, 7) is 4.40. The maximum absolute atomic E-state index is 11.2. The zero-order valence-electron chi connectivity index (χ0n) is 12.9. The van der Waals surface area contributed by atoms with Gasteiger partial charge in [-0.05, 0) is 43.7 Å². The number of nitro groups is 1. The summed E-state index contributed by atoms with van der Waals surface area (Å²) in [5.74, 6) is 0.757. The quantitative estimate of drug-likeness (QED) is 0.642. The minimum Gasteiger partial charge on any atom is -0.494 e. The molecule has 0 spiro atoms. The van der Waals surface area contributed by atoms with Crippen molar-refractivity contribution in [3.8, 4) is 11.8 Å². The van der Waals surface area contributed by atoms with Crippen molar-refractivity contribution in [2.75, 3.05) is 11.9 Å². The number of nitrogens with zero attached hydrogens (tertiary/aromatic N) is 2. The van der Waals surface area contributed by atoms with E-state index in [2.05, 4.69) is 5.32 Å². The summed E-state index contributed by atoms with van der Waals surface area (Å²) < 4.78 is 5.47. The van der Waals surface area contributed by atoms with Crippen molar-refractivity contribution in [1.82, 2.24) is 0 Å². The van der Waals surface area contributed by atoms with Crippen molar-refractivity contribution < 1.29 is 9.66 Å². The molecule has 6 heteroatoms. The van der Waals surface area contributed by atoms with Gasteiger partial charge in [-0.3, -0.25) is 10.1 Å². The van der Waals surface area contributed by atoms with E-state index in [1.54, 1.807) is 12.1 Å². The van der Waals surface area contributed by atoms with E-state index in [1.165, 1.54) is 6.07 Å². The summed E-state index contributed by atoms with van der Waals surface area (Å²) in [7, 11) is 0. The molecule has 0 bridgehead atoms. The van der Waals surface area contributed by atoms with Crippen LogP contribution in [0, 0.1) is 21.4 Å². The Morgan fingerprint density at radius 2 is 2.13 bits per heavy atom. The summed E-state index contributed by atoms with van der Waals surface area (Å²) in [5.41, 5.74) is 1.48. The Morgan fingerprint density at radius 3 is 2.78 bits per heavy atom. The lowest BCUT2D eigenvalue weighted by molar-refractivity contribution is -0.384. The SMILES string of the molecule is CCOc1cccc(C(C)Nc2ccc(C#N)cc2[N+](=O)[O-])c1. The second-order valence-corrected chi connectivity index (χ2v) is 4.97. The second kappa shape index (κ2) is 7.27. The van der Waals surface area contributed by atoms with Gasteiger partial charge in [0.1, 0.15) is 11.4 Å². The summed E-state index contributed by atoms with van der Waals surface area (Å²) in [5, 5.41) is 23.2. The maximum Gasteiger partial charge on any atom is 0.293 e. The number of hydrogen-bond acceptors (Lipinski definition) is 5. The lowest BCUT2D eigenvalue weighted by Gasteiger charge is -2.16. The van der Waals surface area contributed by atoms with Gasteiger partial charge < -0.3 is 10.1 Å². The molecule has 0 fully saturated rings. The molecule has 0 radical (unpaired) electrons. The molecule has 0 saturated heterocycles. The number of nitrogens with one attached hydrogen (secondary N) is 1. The van der Waals surface area contributed by atoms with Crippen LogP contribution in [0.1, 0.15) is 31.0 Å². The van der Waals surface area contributed by atoms with E-state index >= 15 is 0 Å². The summed E-state index contributed by atoms with van der Waals surface area (Å²) in [4.78, 5) is 10.7. The first-order valence-corrected chi connectivity index (χ1v) is 7.23. The molecule has 23 heavy (non-hydrogen) atoms. The number of ether oxygens (including phenoxy) is 1. The van der Waals surface area contributed by atoms with Gasteiger partial charge in [-0.2, -0.15) is 5.26 Å². The van der Waals surface area contributed by atoms with Gasteiger partial charge in [0.25, 0.3) is 5.69 Å². The summed E-state index contributed by atoms with van der Waals surface area (Å²) in [6, 6.07) is 13.7. The second-order valence-electron chi connectivity index (χ2n) is 4.97. The zero-order chi connectivity index (χ0) is 16.8. The molecule has 0 heterocycles. The molecule has 118 valence electrons. The van der Waals surface area contributed by atoms with Crippen LogP contribution in [0.5, 0.6) is 5.75 Å². The fourth-order valence-corrected chi connectivity index (χ4v) is 2.23. The van der Waals surface area contributed by atoms with Crippen molar-refractivity contribution in [3.63, 3.8) is 0 Å². The maximum atomic E-state index is 11.2. The third-order valence-corrected chi connectivity index (χ3v) is 3.36. The van der Waals surface area contributed by atoms with Gasteiger partial charge >= 0.3 is 0 Å². The molecule has 6 nitrogen and oxygen atoms in total. The van der Waals surface area contributed by atoms with Crippen LogP contribution in [0.25, 0.3) is 0 Å². The number of nitro benzene ring substituents is 1. The van der Waals surface area contributed by atoms with Crippen LogP contribution in [0.15, 0.2) is 42.5 Å². The average molecular weight is 311 g/mol. The molecular weight excluding hydrogens is 294 g/mol. The smallest absolute Gasteiger partial charge is 0.293 e. The Hall–Kier alpha value is -3.07. The Bertz CT molecular complexity index is 753. The van der Waals surface area contributed by atoms with Gasteiger partial charge in [-0.1, -0.05) is 12.1 Å². The van der Waals surface area contributed by atoms with Crippen LogP contribution < -0.4 is 10.1 Å². The van der Waals surface area contributed by atoms with Crippen LogP contribution in [0.4, 0.5) is 11.4 Å². The van der Waals surface area contributed by atoms with Gasteiger partial charge in [0.05, 0.1) is 23.2 Å². The van der Waals surface area contributed by atoms with Gasteiger partial charge in [0.2, 0.25) is 0 Å². The number of hydrogen-bond donors (Lipinski definition) is 1. The molecule has 1 unspecified atom stereocenters. The standard InChI is InChI=1S/C17H17N3O3/c1-3-23-15-6-4-5-14(10-15)12(2)19-16-8-7-13(11-18)9-17(16)20(21)22/h4-10,12,19H,3H2,1-2H3. The van der Waals surface area contributed by atoms with Crippen molar-refractivity contribution >= 4 is 11.4 Å². The van der Waals surface area contributed by atoms with Crippen molar-refractivity contribution in [2.24, 2.45) is 0 Å². The first-order chi connectivity index (χ1) is 11.0. The lowest BCUT2D eigenvalue weighted by Crippen LogP contribution is -2.09. The van der Waals surface area contributed by atoms with E-state index in [-0.39, 0.29) is 17.3 Å². The summed E-state index contributed by atoms with van der Waals surface area (Å²) >= 11 is 0. The predicted octanol–water partition coefficient (Wildman–Crippen LogP) is 4.04. The van der Waals surface area contributed by atoms with Gasteiger partial charge in [0, 0.05) is 12.1 Å². The molecule has 0 aliphatic heterocycles. The molecule has 1 N–H and O–H groups in total. The molecule has 2 aromatic rings. The normalized spacial score (nSPS) is 11.3. The highest BCUT2D eigenvalue weighted by Gasteiger charge is 2.17. The van der Waals surface area contributed by atoms with E-state index in [0.717, 1.165) is 11.3 Å². The van der Waals surface area contributed by atoms with Crippen molar-refractivity contribution in [2.45, 2.75) is 19.9 Å². The molecule has 0 aliphatic rings. The highest BCUT2D eigenvalue weighted by molar-refractivity contribution is 5.64. The van der Waals surface area contributed by atoms with E-state index in [1.807, 2.05) is 44.2 Å². The van der Waals surface area contributed by atoms with Crippen LogP contribution in [0.3, 0.4) is 0 Å². The highest BCUT2D eigenvalue weighted by atomic mass is 16.6. The van der Waals surface area contributed by atoms with Crippen LogP contribution in [-0.2, 0) is 0 Å². The minimum atomic E-state index is -0.494. The van der Waals surface area contributed by atoms with Gasteiger partial charge in [0.15, 0.2) is 0 Å². The van der Waals surface area contributed by atoms with E-state index in [9.17, 15) is 10.1 Å². The topological polar surface area (TPSA) is 88.2 Å². The van der Waals surface area contributed by atoms with E-state index in [4.69, 9.17) is 10.00 Å². The first kappa shape index (κ1) is 16.3. The molecule has 0 amide bonds. The molecule has 0 aromatic heterocycles. The number of rotatable bonds is 6. The van der Waals surface area contributed by atoms with Gasteiger partial charge in [-0.25, -0.2) is 0 Å². The fraction of sp³-hybridized carbons (Fsp3) is 0.235. The van der Waals surface area contributed by atoms with Gasteiger partial charge in [-0.15, -0.1) is 0 Å². The predicted molar refractivity (Wildman–Crippen MR) is 87.5 cm³/mol.